The van der Waals surface area contributed by atoms with Crippen molar-refractivity contribution in [3.05, 3.63) is 23.8 Å². The number of anilines is 1. The van der Waals surface area contributed by atoms with E-state index >= 15 is 0 Å². The molecule has 1 aliphatic heterocycles. The zero-order valence-corrected chi connectivity index (χ0v) is 12.0. The first-order valence-electron chi connectivity index (χ1n) is 5.93. The summed E-state index contributed by atoms with van der Waals surface area (Å²) in [5.74, 6) is 0.382. The first-order valence-corrected chi connectivity index (χ1v) is 7.05. The minimum absolute atomic E-state index is 0.0105. The molecule has 6 heteroatoms. The number of halogens is 3. The lowest BCUT2D eigenvalue weighted by molar-refractivity contribution is -0.117. The molecule has 104 valence electrons. The summed E-state index contributed by atoms with van der Waals surface area (Å²) >= 11 is 3.36. The zero-order valence-electron chi connectivity index (χ0n) is 10.4. The molecule has 0 N–H and O–H groups in total. The molecule has 1 saturated heterocycles. The van der Waals surface area contributed by atoms with Crippen LogP contribution in [0.2, 0.25) is 0 Å². The Morgan fingerprint density at radius 1 is 1.53 bits per heavy atom. The molecule has 0 spiro atoms. The summed E-state index contributed by atoms with van der Waals surface area (Å²) < 4.78 is 29.0. The van der Waals surface area contributed by atoms with Crippen molar-refractivity contribution >= 4 is 27.5 Å². The summed E-state index contributed by atoms with van der Waals surface area (Å²) in [6.45, 7) is -0.575. The molecular formula is C13H14BrF2NO2. The number of hydrogen-bond donors (Lipinski definition) is 0. The highest BCUT2D eigenvalue weighted by Gasteiger charge is 2.30. The number of aryl methyl sites for hydroxylation is 1. The van der Waals surface area contributed by atoms with Gasteiger partial charge < -0.3 is 9.64 Å². The topological polar surface area (TPSA) is 29.5 Å². The molecule has 0 aromatic heterocycles. The van der Waals surface area contributed by atoms with Gasteiger partial charge in [0.15, 0.2) is 0 Å². The number of nitrogens with zero attached hydrogens (tertiary/aromatic N) is 1. The molecule has 1 atom stereocenters. The first-order chi connectivity index (χ1) is 9.01. The quantitative estimate of drug-likeness (QED) is 0.791. The molecule has 0 saturated carbocycles. The fourth-order valence-electron chi connectivity index (χ4n) is 2.11. The fraction of sp³-hybridized carbons (Fsp3) is 0.462. The van der Waals surface area contributed by atoms with Crippen molar-refractivity contribution in [3.63, 3.8) is 0 Å². The highest BCUT2D eigenvalue weighted by Crippen LogP contribution is 2.31. The predicted octanol–water partition coefficient (Wildman–Crippen LogP) is 3.34. The minimum atomic E-state index is -2.86. The van der Waals surface area contributed by atoms with Crippen LogP contribution in [-0.4, -0.2) is 24.4 Å². The lowest BCUT2D eigenvalue weighted by Crippen LogP contribution is -2.24. The van der Waals surface area contributed by atoms with Gasteiger partial charge in [0.2, 0.25) is 5.91 Å². The summed E-state index contributed by atoms with van der Waals surface area (Å²) in [6, 6.07) is 4.93. The average molecular weight is 334 g/mol. The number of carbonyl (C=O) groups is 1. The Hall–Kier alpha value is -1.17. The smallest absolute Gasteiger partial charge is 0.387 e. The maximum atomic E-state index is 12.3. The maximum absolute atomic E-state index is 12.3. The number of hydrogen-bond acceptors (Lipinski definition) is 2. The lowest BCUT2D eigenvalue weighted by Gasteiger charge is -2.18. The van der Waals surface area contributed by atoms with Gasteiger partial charge in [-0.2, -0.15) is 8.78 Å². The average Bonchev–Trinajstić information content (AvgIpc) is 2.73. The van der Waals surface area contributed by atoms with Crippen molar-refractivity contribution < 1.29 is 18.3 Å². The van der Waals surface area contributed by atoms with Gasteiger partial charge in [0.25, 0.3) is 0 Å². The Balaban J connectivity index is 2.23. The van der Waals surface area contributed by atoms with Crippen molar-refractivity contribution in [2.45, 2.75) is 20.0 Å². The number of rotatable bonds is 4. The molecular weight excluding hydrogens is 320 g/mol. The van der Waals surface area contributed by atoms with Gasteiger partial charge in [-0.3, -0.25) is 4.79 Å². The number of benzene rings is 1. The summed E-state index contributed by atoms with van der Waals surface area (Å²) in [7, 11) is 0. The molecule has 1 aliphatic rings. The number of alkyl halides is 3. The third kappa shape index (κ3) is 3.23. The van der Waals surface area contributed by atoms with Gasteiger partial charge in [-0.25, -0.2) is 0 Å². The Labute approximate surface area is 118 Å². The maximum Gasteiger partial charge on any atom is 0.387 e. The van der Waals surface area contributed by atoms with E-state index in [2.05, 4.69) is 20.7 Å². The molecule has 0 aliphatic carbocycles. The van der Waals surface area contributed by atoms with Gasteiger partial charge in [-0.15, -0.1) is 0 Å². The van der Waals surface area contributed by atoms with Crippen LogP contribution in [0.3, 0.4) is 0 Å². The van der Waals surface area contributed by atoms with Gasteiger partial charge in [-0.1, -0.05) is 22.0 Å². The van der Waals surface area contributed by atoms with E-state index in [1.807, 2.05) is 0 Å². The second-order valence-electron chi connectivity index (χ2n) is 4.56. The van der Waals surface area contributed by atoms with E-state index in [0.717, 1.165) is 5.33 Å². The highest BCUT2D eigenvalue weighted by atomic mass is 79.9. The monoisotopic (exact) mass is 333 g/mol. The largest absolute Gasteiger partial charge is 0.434 e. The Bertz CT molecular complexity index is 482. The molecule has 2 rings (SSSR count). The molecule has 1 heterocycles. The van der Waals surface area contributed by atoms with Gasteiger partial charge in [0, 0.05) is 30.0 Å². The first kappa shape index (κ1) is 14.2. The molecule has 1 aromatic rings. The minimum Gasteiger partial charge on any atom is -0.434 e. The third-order valence-corrected chi connectivity index (χ3v) is 4.04. The molecule has 1 aromatic carbocycles. The summed E-state index contributed by atoms with van der Waals surface area (Å²) in [4.78, 5) is 13.5. The van der Waals surface area contributed by atoms with E-state index in [1.165, 1.54) is 6.07 Å². The molecule has 3 nitrogen and oxygen atoms in total. The van der Waals surface area contributed by atoms with Crippen LogP contribution in [0.1, 0.15) is 12.0 Å². The fourth-order valence-corrected chi connectivity index (χ4v) is 2.55. The van der Waals surface area contributed by atoms with Crippen LogP contribution in [0.4, 0.5) is 14.5 Å². The summed E-state index contributed by atoms with van der Waals surface area (Å²) in [5, 5.41) is 0.751. The number of ether oxygens (including phenoxy) is 1. The second kappa shape index (κ2) is 5.86. The van der Waals surface area contributed by atoms with E-state index in [0.29, 0.717) is 24.2 Å². The van der Waals surface area contributed by atoms with Crippen LogP contribution in [0.25, 0.3) is 0 Å². The van der Waals surface area contributed by atoms with Crippen LogP contribution in [-0.2, 0) is 4.79 Å². The van der Waals surface area contributed by atoms with Crippen LogP contribution in [0.5, 0.6) is 5.75 Å². The highest BCUT2D eigenvalue weighted by molar-refractivity contribution is 9.09. The van der Waals surface area contributed by atoms with Crippen molar-refractivity contribution in [2.24, 2.45) is 5.92 Å². The summed E-state index contributed by atoms with van der Waals surface area (Å²) in [6.07, 6.45) is 0.476. The van der Waals surface area contributed by atoms with Crippen molar-refractivity contribution in [1.82, 2.24) is 0 Å². The van der Waals surface area contributed by atoms with E-state index in [1.54, 1.807) is 24.0 Å². The SMILES string of the molecule is Cc1ccc(N2CC(CBr)CC2=O)cc1OC(F)F. The Morgan fingerprint density at radius 3 is 2.84 bits per heavy atom. The Morgan fingerprint density at radius 2 is 2.26 bits per heavy atom. The number of amides is 1. The third-order valence-electron chi connectivity index (χ3n) is 3.12. The van der Waals surface area contributed by atoms with E-state index < -0.39 is 6.61 Å². The van der Waals surface area contributed by atoms with Crippen LogP contribution in [0, 0.1) is 12.8 Å². The van der Waals surface area contributed by atoms with Crippen molar-refractivity contribution in [3.8, 4) is 5.75 Å². The van der Waals surface area contributed by atoms with Gasteiger partial charge in [-0.05, 0) is 24.5 Å². The molecule has 1 unspecified atom stereocenters. The van der Waals surface area contributed by atoms with Gasteiger partial charge in [0.05, 0.1) is 0 Å². The summed E-state index contributed by atoms with van der Waals surface area (Å²) in [5.41, 5.74) is 1.22. The number of carbonyl (C=O) groups excluding carboxylic acids is 1. The molecule has 1 fully saturated rings. The van der Waals surface area contributed by atoms with Crippen LogP contribution < -0.4 is 9.64 Å². The van der Waals surface area contributed by atoms with Crippen molar-refractivity contribution in [2.75, 3.05) is 16.8 Å². The zero-order chi connectivity index (χ0) is 14.0. The van der Waals surface area contributed by atoms with Crippen LogP contribution in [0.15, 0.2) is 18.2 Å². The molecule has 0 bridgehead atoms. The predicted molar refractivity (Wildman–Crippen MR) is 72.1 cm³/mol. The van der Waals surface area contributed by atoms with Gasteiger partial charge in [0.1, 0.15) is 5.75 Å². The molecule has 19 heavy (non-hydrogen) atoms. The van der Waals surface area contributed by atoms with E-state index in [9.17, 15) is 13.6 Å². The van der Waals surface area contributed by atoms with Gasteiger partial charge >= 0.3 is 6.61 Å². The van der Waals surface area contributed by atoms with E-state index in [-0.39, 0.29) is 17.6 Å². The van der Waals surface area contributed by atoms with E-state index in [4.69, 9.17) is 0 Å². The van der Waals surface area contributed by atoms with Crippen LogP contribution >= 0.6 is 15.9 Å². The van der Waals surface area contributed by atoms with Crippen molar-refractivity contribution in [1.29, 1.82) is 0 Å². The Kier molecular flexibility index (Phi) is 4.39. The standard InChI is InChI=1S/C13H14BrF2NO2/c1-8-2-3-10(5-11(8)19-13(15)16)17-7-9(6-14)4-12(17)18/h2-3,5,9,13H,4,6-7H2,1H3. The molecule has 0 radical (unpaired) electrons. The lowest BCUT2D eigenvalue weighted by atomic mass is 10.1. The second-order valence-corrected chi connectivity index (χ2v) is 5.20. The molecule has 1 amide bonds. The normalized spacial score (nSPS) is 19.3.